The lowest BCUT2D eigenvalue weighted by molar-refractivity contribution is -0.141. The van der Waals surface area contributed by atoms with Crippen molar-refractivity contribution >= 4 is 27.3 Å². The topological polar surface area (TPSA) is 74.7 Å². The first-order valence-corrected chi connectivity index (χ1v) is 9.09. The molecule has 7 heteroatoms. The van der Waals surface area contributed by atoms with Crippen LogP contribution in [0.4, 0.5) is 0 Å². The Hall–Kier alpha value is -0.920. The molecule has 1 N–H and O–H groups in total. The molecule has 5 nitrogen and oxygen atoms in total. The molecule has 1 aliphatic carbocycles. The maximum Gasteiger partial charge on any atom is 0.307 e. The van der Waals surface area contributed by atoms with E-state index in [4.69, 9.17) is 0 Å². The highest BCUT2D eigenvalue weighted by atomic mass is 32.2. The molecule has 1 heterocycles. The summed E-state index contributed by atoms with van der Waals surface area (Å²) in [4.78, 5) is 12.2. The van der Waals surface area contributed by atoms with Gasteiger partial charge in [-0.25, -0.2) is 8.42 Å². The van der Waals surface area contributed by atoms with Crippen LogP contribution in [0, 0.1) is 5.92 Å². The van der Waals surface area contributed by atoms with Gasteiger partial charge < -0.3 is 5.11 Å². The van der Waals surface area contributed by atoms with E-state index >= 15 is 0 Å². The second-order valence-electron chi connectivity index (χ2n) is 4.96. The van der Waals surface area contributed by atoms with Crippen LogP contribution in [-0.2, 0) is 21.4 Å². The van der Waals surface area contributed by atoms with Crippen molar-refractivity contribution in [3.8, 4) is 0 Å². The van der Waals surface area contributed by atoms with Gasteiger partial charge in [-0.1, -0.05) is 19.4 Å². The van der Waals surface area contributed by atoms with Gasteiger partial charge >= 0.3 is 5.97 Å². The second kappa shape index (κ2) is 6.24. The predicted molar refractivity (Wildman–Crippen MR) is 78.1 cm³/mol. The third-order valence-electron chi connectivity index (χ3n) is 3.78. The summed E-state index contributed by atoms with van der Waals surface area (Å²) < 4.78 is 26.8. The molecule has 0 aromatic carbocycles. The monoisotopic (exact) mass is 317 g/mol. The zero-order valence-corrected chi connectivity index (χ0v) is 13.0. The van der Waals surface area contributed by atoms with E-state index in [2.05, 4.69) is 0 Å². The third kappa shape index (κ3) is 3.05. The van der Waals surface area contributed by atoms with Crippen molar-refractivity contribution in [1.29, 1.82) is 0 Å². The van der Waals surface area contributed by atoms with E-state index in [9.17, 15) is 18.3 Å². The SMILES string of the molecule is CCN(Cc1cccs1)S(=O)(=O)C1CCCC1C(=O)O. The van der Waals surface area contributed by atoms with E-state index in [-0.39, 0.29) is 0 Å². The number of carbonyl (C=O) groups is 1. The number of hydrogen-bond acceptors (Lipinski definition) is 4. The van der Waals surface area contributed by atoms with Gasteiger partial charge in [0.2, 0.25) is 10.0 Å². The Bertz CT molecular complexity index is 553. The Balaban J connectivity index is 2.20. The molecule has 1 aliphatic rings. The normalized spacial score (nSPS) is 23.3. The van der Waals surface area contributed by atoms with Gasteiger partial charge in [0.05, 0.1) is 11.2 Å². The molecule has 0 bridgehead atoms. The van der Waals surface area contributed by atoms with Gasteiger partial charge in [-0.15, -0.1) is 11.3 Å². The molecule has 0 amide bonds. The highest BCUT2D eigenvalue weighted by Gasteiger charge is 2.43. The van der Waals surface area contributed by atoms with Crippen molar-refractivity contribution < 1.29 is 18.3 Å². The first-order valence-electron chi connectivity index (χ1n) is 6.71. The molecule has 0 spiro atoms. The molecule has 0 radical (unpaired) electrons. The van der Waals surface area contributed by atoms with Crippen molar-refractivity contribution in [2.75, 3.05) is 6.54 Å². The third-order valence-corrected chi connectivity index (χ3v) is 7.07. The largest absolute Gasteiger partial charge is 0.481 e. The summed E-state index contributed by atoms with van der Waals surface area (Å²) in [6, 6.07) is 3.78. The molecule has 1 aromatic rings. The summed E-state index contributed by atoms with van der Waals surface area (Å²) >= 11 is 1.51. The highest BCUT2D eigenvalue weighted by Crippen LogP contribution is 2.33. The van der Waals surface area contributed by atoms with E-state index in [0.717, 1.165) is 4.88 Å². The lowest BCUT2D eigenvalue weighted by atomic mass is 10.1. The zero-order chi connectivity index (χ0) is 14.8. The molecule has 112 valence electrons. The molecule has 0 saturated heterocycles. The van der Waals surface area contributed by atoms with Crippen molar-refractivity contribution in [2.24, 2.45) is 5.92 Å². The van der Waals surface area contributed by atoms with E-state index in [1.807, 2.05) is 17.5 Å². The molecule has 0 aliphatic heterocycles. The molecular weight excluding hydrogens is 298 g/mol. The van der Waals surface area contributed by atoms with Crippen LogP contribution in [0.15, 0.2) is 17.5 Å². The Morgan fingerprint density at radius 3 is 2.80 bits per heavy atom. The standard InChI is InChI=1S/C13H19NO4S2/c1-2-14(9-10-5-4-8-19-10)20(17,18)12-7-3-6-11(12)13(15)16/h4-5,8,11-12H,2-3,6-7,9H2,1H3,(H,15,16). The molecule has 2 unspecified atom stereocenters. The Labute approximate surface area is 123 Å². The predicted octanol–water partition coefficient (Wildman–Crippen LogP) is 2.15. The van der Waals surface area contributed by atoms with Crippen molar-refractivity contribution in [3.63, 3.8) is 0 Å². The highest BCUT2D eigenvalue weighted by molar-refractivity contribution is 7.89. The minimum atomic E-state index is -3.56. The van der Waals surface area contributed by atoms with Crippen molar-refractivity contribution in [3.05, 3.63) is 22.4 Å². The smallest absolute Gasteiger partial charge is 0.307 e. The van der Waals surface area contributed by atoms with Crippen LogP contribution < -0.4 is 0 Å². The van der Waals surface area contributed by atoms with E-state index in [1.165, 1.54) is 15.6 Å². The van der Waals surface area contributed by atoms with Crippen LogP contribution >= 0.6 is 11.3 Å². The number of aliphatic carboxylic acids is 1. The van der Waals surface area contributed by atoms with Crippen LogP contribution in [0.25, 0.3) is 0 Å². The Morgan fingerprint density at radius 2 is 2.25 bits per heavy atom. The van der Waals surface area contributed by atoms with Gasteiger partial charge in [0.25, 0.3) is 0 Å². The number of sulfonamides is 1. The van der Waals surface area contributed by atoms with Crippen molar-refractivity contribution in [1.82, 2.24) is 4.31 Å². The first kappa shape index (κ1) is 15.5. The van der Waals surface area contributed by atoms with Gasteiger partial charge in [0, 0.05) is 18.0 Å². The second-order valence-corrected chi connectivity index (χ2v) is 8.15. The average molecular weight is 317 g/mol. The number of thiophene rings is 1. The summed E-state index contributed by atoms with van der Waals surface area (Å²) in [6.45, 7) is 2.48. The number of carboxylic acids is 1. The quantitative estimate of drug-likeness (QED) is 0.872. The number of rotatable bonds is 6. The van der Waals surface area contributed by atoms with Gasteiger partial charge in [0.1, 0.15) is 0 Å². The van der Waals surface area contributed by atoms with E-state index in [0.29, 0.717) is 32.4 Å². The molecule has 1 saturated carbocycles. The van der Waals surface area contributed by atoms with Gasteiger partial charge in [-0.05, 0) is 24.3 Å². The summed E-state index contributed by atoms with van der Waals surface area (Å²) in [7, 11) is -3.56. The first-order chi connectivity index (χ1) is 9.46. The Morgan fingerprint density at radius 1 is 1.50 bits per heavy atom. The van der Waals surface area contributed by atoms with Crippen LogP contribution in [0.3, 0.4) is 0 Å². The minimum absolute atomic E-state index is 0.333. The van der Waals surface area contributed by atoms with Gasteiger partial charge in [0.15, 0.2) is 0 Å². The van der Waals surface area contributed by atoms with Crippen molar-refractivity contribution in [2.45, 2.75) is 38.0 Å². The molecule has 1 fully saturated rings. The average Bonchev–Trinajstić information content (AvgIpc) is 3.06. The zero-order valence-electron chi connectivity index (χ0n) is 11.4. The molecule has 1 aromatic heterocycles. The fourth-order valence-corrected chi connectivity index (χ4v) is 5.71. The number of carboxylic acid groups (broad SMARTS) is 1. The number of hydrogen-bond donors (Lipinski definition) is 1. The molecule has 20 heavy (non-hydrogen) atoms. The van der Waals surface area contributed by atoms with E-state index in [1.54, 1.807) is 6.92 Å². The van der Waals surface area contributed by atoms with E-state index < -0.39 is 27.2 Å². The molecular formula is C13H19NO4S2. The lowest BCUT2D eigenvalue weighted by Crippen LogP contribution is -2.41. The fraction of sp³-hybridized carbons (Fsp3) is 0.615. The summed E-state index contributed by atoms with van der Waals surface area (Å²) in [5.41, 5.74) is 0. The maximum atomic E-state index is 12.7. The fourth-order valence-electron chi connectivity index (χ4n) is 2.71. The van der Waals surface area contributed by atoms with Gasteiger partial charge in [-0.3, -0.25) is 4.79 Å². The maximum absolute atomic E-state index is 12.7. The van der Waals surface area contributed by atoms with Gasteiger partial charge in [-0.2, -0.15) is 4.31 Å². The molecule has 2 atom stereocenters. The summed E-state index contributed by atoms with van der Waals surface area (Å²) in [5.74, 6) is -1.76. The minimum Gasteiger partial charge on any atom is -0.481 e. The lowest BCUT2D eigenvalue weighted by Gasteiger charge is -2.26. The summed E-state index contributed by atoms with van der Waals surface area (Å²) in [5, 5.41) is 10.3. The summed E-state index contributed by atoms with van der Waals surface area (Å²) in [6.07, 6.45) is 1.56. The molecule has 2 rings (SSSR count). The van der Waals surface area contributed by atoms with Crippen LogP contribution in [0.5, 0.6) is 0 Å². The number of nitrogens with zero attached hydrogens (tertiary/aromatic N) is 1. The van der Waals surface area contributed by atoms with Crippen LogP contribution in [0.1, 0.15) is 31.1 Å². The van der Waals surface area contributed by atoms with Crippen LogP contribution in [0.2, 0.25) is 0 Å². The Kier molecular flexibility index (Phi) is 4.82. The van der Waals surface area contributed by atoms with Crippen LogP contribution in [-0.4, -0.2) is 35.6 Å².